The van der Waals surface area contributed by atoms with Crippen molar-refractivity contribution in [2.24, 2.45) is 5.92 Å². The van der Waals surface area contributed by atoms with Crippen LogP contribution in [-0.4, -0.2) is 22.8 Å². The van der Waals surface area contributed by atoms with E-state index in [0.717, 1.165) is 25.8 Å². The minimum Gasteiger partial charge on any atom is -0.350 e. The number of aromatic nitrogens is 1. The molecule has 82 valence electrons. The number of carbonyl (C=O) groups is 1. The van der Waals surface area contributed by atoms with E-state index in [-0.39, 0.29) is 5.91 Å². The molecule has 1 saturated carbocycles. The van der Waals surface area contributed by atoms with Crippen LogP contribution >= 0.6 is 22.9 Å². The van der Waals surface area contributed by atoms with Gasteiger partial charge in [-0.25, -0.2) is 4.98 Å². The highest BCUT2D eigenvalue weighted by Crippen LogP contribution is 2.28. The van der Waals surface area contributed by atoms with Gasteiger partial charge < -0.3 is 5.32 Å². The fraction of sp³-hybridized carbons (Fsp3) is 0.600. The third-order valence-corrected chi connectivity index (χ3v) is 3.68. The van der Waals surface area contributed by atoms with Crippen molar-refractivity contribution in [1.29, 1.82) is 0 Å². The van der Waals surface area contributed by atoms with E-state index in [0.29, 0.717) is 17.0 Å². The Balaban J connectivity index is 1.76. The van der Waals surface area contributed by atoms with Crippen LogP contribution < -0.4 is 5.32 Å². The molecule has 2 unspecified atom stereocenters. The number of amides is 1. The largest absolute Gasteiger partial charge is 0.350 e. The summed E-state index contributed by atoms with van der Waals surface area (Å²) >= 11 is 7.43. The highest BCUT2D eigenvalue weighted by molar-refractivity contribution is 7.07. The van der Waals surface area contributed by atoms with Gasteiger partial charge in [0.2, 0.25) is 0 Å². The third-order valence-electron chi connectivity index (χ3n) is 2.69. The van der Waals surface area contributed by atoms with Crippen molar-refractivity contribution in [2.45, 2.75) is 24.6 Å². The summed E-state index contributed by atoms with van der Waals surface area (Å²) in [5.41, 5.74) is 2.18. The molecule has 1 fully saturated rings. The van der Waals surface area contributed by atoms with Crippen molar-refractivity contribution < 1.29 is 4.79 Å². The lowest BCUT2D eigenvalue weighted by atomic mass is 10.1. The van der Waals surface area contributed by atoms with E-state index < -0.39 is 0 Å². The summed E-state index contributed by atoms with van der Waals surface area (Å²) in [6.07, 6.45) is 3.20. The molecular formula is C10H13ClN2OS. The normalized spacial score (nSPS) is 25.4. The predicted octanol–water partition coefficient (Wildman–Crippen LogP) is 2.28. The van der Waals surface area contributed by atoms with E-state index in [2.05, 4.69) is 10.3 Å². The lowest BCUT2D eigenvalue weighted by Crippen LogP contribution is -2.28. The molecule has 0 aromatic carbocycles. The van der Waals surface area contributed by atoms with Gasteiger partial charge in [0.05, 0.1) is 5.51 Å². The monoisotopic (exact) mass is 244 g/mol. The van der Waals surface area contributed by atoms with Gasteiger partial charge in [0, 0.05) is 17.3 Å². The van der Waals surface area contributed by atoms with Crippen molar-refractivity contribution >= 4 is 28.8 Å². The number of rotatable bonds is 3. The van der Waals surface area contributed by atoms with Gasteiger partial charge in [0.25, 0.3) is 5.91 Å². The van der Waals surface area contributed by atoms with Crippen molar-refractivity contribution in [1.82, 2.24) is 10.3 Å². The number of carbonyl (C=O) groups excluding carboxylic acids is 1. The van der Waals surface area contributed by atoms with E-state index in [1.54, 1.807) is 10.9 Å². The minimum atomic E-state index is -0.0747. The van der Waals surface area contributed by atoms with Gasteiger partial charge in [0.15, 0.2) is 0 Å². The minimum absolute atomic E-state index is 0.0747. The first-order chi connectivity index (χ1) is 7.25. The van der Waals surface area contributed by atoms with Gasteiger partial charge in [-0.05, 0) is 25.2 Å². The van der Waals surface area contributed by atoms with Crippen molar-refractivity contribution in [3.63, 3.8) is 0 Å². The smallest absolute Gasteiger partial charge is 0.270 e. The van der Waals surface area contributed by atoms with Crippen LogP contribution in [0.1, 0.15) is 29.8 Å². The fourth-order valence-corrected chi connectivity index (χ4v) is 2.76. The van der Waals surface area contributed by atoms with Crippen molar-refractivity contribution in [3.05, 3.63) is 16.6 Å². The van der Waals surface area contributed by atoms with Gasteiger partial charge in [0.1, 0.15) is 5.69 Å². The van der Waals surface area contributed by atoms with Crippen LogP contribution in [-0.2, 0) is 0 Å². The first kappa shape index (κ1) is 10.9. The molecule has 1 aromatic rings. The second kappa shape index (κ2) is 4.94. The molecule has 0 saturated heterocycles. The summed E-state index contributed by atoms with van der Waals surface area (Å²) < 4.78 is 0. The number of alkyl halides is 1. The van der Waals surface area contributed by atoms with Gasteiger partial charge in [-0.15, -0.1) is 22.9 Å². The summed E-state index contributed by atoms with van der Waals surface area (Å²) in [6, 6.07) is 0. The summed E-state index contributed by atoms with van der Waals surface area (Å²) in [5, 5.41) is 4.95. The first-order valence-corrected chi connectivity index (χ1v) is 6.44. The fourth-order valence-electron chi connectivity index (χ4n) is 1.85. The average molecular weight is 245 g/mol. The molecule has 3 nitrogen and oxygen atoms in total. The number of hydrogen-bond acceptors (Lipinski definition) is 3. The number of thiazole rings is 1. The van der Waals surface area contributed by atoms with Gasteiger partial charge >= 0.3 is 0 Å². The first-order valence-electron chi connectivity index (χ1n) is 5.06. The zero-order valence-corrected chi connectivity index (χ0v) is 9.85. The molecule has 15 heavy (non-hydrogen) atoms. The summed E-state index contributed by atoms with van der Waals surface area (Å²) in [6.45, 7) is 0.722. The second-order valence-corrected chi connectivity index (χ2v) is 5.20. The summed E-state index contributed by atoms with van der Waals surface area (Å²) in [4.78, 5) is 15.5. The SMILES string of the molecule is O=C(NCC1CCC(Cl)C1)c1cscn1. The molecule has 2 atom stereocenters. The highest BCUT2D eigenvalue weighted by Gasteiger charge is 2.23. The maximum Gasteiger partial charge on any atom is 0.270 e. The molecule has 1 amide bonds. The molecule has 1 heterocycles. The predicted molar refractivity (Wildman–Crippen MR) is 61.4 cm³/mol. The molecule has 0 bridgehead atoms. The molecule has 1 aliphatic carbocycles. The Bertz CT molecular complexity index is 328. The van der Waals surface area contributed by atoms with E-state index in [1.807, 2.05) is 0 Å². The number of nitrogens with zero attached hydrogens (tertiary/aromatic N) is 1. The third kappa shape index (κ3) is 2.92. The number of hydrogen-bond donors (Lipinski definition) is 1. The lowest BCUT2D eigenvalue weighted by molar-refractivity contribution is 0.0943. The van der Waals surface area contributed by atoms with Crippen LogP contribution in [0.4, 0.5) is 0 Å². The van der Waals surface area contributed by atoms with Gasteiger partial charge in [-0.1, -0.05) is 0 Å². The standard InChI is InChI=1S/C10H13ClN2OS/c11-8-2-1-7(3-8)4-12-10(14)9-5-15-6-13-9/h5-8H,1-4H2,(H,12,14). The zero-order valence-electron chi connectivity index (χ0n) is 8.28. The van der Waals surface area contributed by atoms with E-state index in [9.17, 15) is 4.79 Å². The molecule has 5 heteroatoms. The maximum absolute atomic E-state index is 11.5. The zero-order chi connectivity index (χ0) is 10.7. The van der Waals surface area contributed by atoms with E-state index in [1.165, 1.54) is 11.3 Å². The molecular weight excluding hydrogens is 232 g/mol. The van der Waals surface area contributed by atoms with Crippen LogP contribution in [0.2, 0.25) is 0 Å². The quantitative estimate of drug-likeness (QED) is 0.829. The maximum atomic E-state index is 11.5. The van der Waals surface area contributed by atoms with Crippen LogP contribution in [0, 0.1) is 5.92 Å². The van der Waals surface area contributed by atoms with E-state index in [4.69, 9.17) is 11.6 Å². The van der Waals surface area contributed by atoms with E-state index >= 15 is 0 Å². The Morgan fingerprint density at radius 1 is 1.67 bits per heavy atom. The molecule has 1 N–H and O–H groups in total. The van der Waals surface area contributed by atoms with Crippen molar-refractivity contribution in [2.75, 3.05) is 6.54 Å². The number of halogens is 1. The Hall–Kier alpha value is -0.610. The molecule has 2 rings (SSSR count). The molecule has 0 radical (unpaired) electrons. The Morgan fingerprint density at radius 2 is 2.53 bits per heavy atom. The summed E-state index contributed by atoms with van der Waals surface area (Å²) in [7, 11) is 0. The van der Waals surface area contributed by atoms with Crippen LogP contribution in [0.25, 0.3) is 0 Å². The number of nitrogens with one attached hydrogen (secondary N) is 1. The topological polar surface area (TPSA) is 42.0 Å². The average Bonchev–Trinajstić information content (AvgIpc) is 2.84. The Labute approximate surface area is 97.9 Å². The van der Waals surface area contributed by atoms with Gasteiger partial charge in [-0.3, -0.25) is 4.79 Å². The molecule has 0 spiro atoms. The second-order valence-electron chi connectivity index (χ2n) is 3.86. The highest BCUT2D eigenvalue weighted by atomic mass is 35.5. The van der Waals surface area contributed by atoms with Crippen LogP contribution in [0.3, 0.4) is 0 Å². The molecule has 0 aliphatic heterocycles. The van der Waals surface area contributed by atoms with Gasteiger partial charge in [-0.2, -0.15) is 0 Å². The van der Waals surface area contributed by atoms with Crippen LogP contribution in [0.15, 0.2) is 10.9 Å². The van der Waals surface area contributed by atoms with Crippen molar-refractivity contribution in [3.8, 4) is 0 Å². The Kier molecular flexibility index (Phi) is 3.59. The Morgan fingerprint density at radius 3 is 3.13 bits per heavy atom. The summed E-state index contributed by atoms with van der Waals surface area (Å²) in [5.74, 6) is 0.462. The van der Waals surface area contributed by atoms with Crippen LogP contribution in [0.5, 0.6) is 0 Å². The molecule has 1 aromatic heterocycles. The molecule has 1 aliphatic rings. The lowest BCUT2D eigenvalue weighted by Gasteiger charge is -2.09.